The standard InChI is InChI=1S/C13H14N2O3/c1-18-8-7-14-12-6-5-9-10(13(16)17)3-2-4-11(9)15-12/h2-6H,7-8H2,1H3,(H,14,15)(H,16,17). The van der Waals surface area contributed by atoms with Crippen LogP contribution in [-0.4, -0.2) is 36.3 Å². The van der Waals surface area contributed by atoms with Gasteiger partial charge in [-0.05, 0) is 24.3 Å². The molecule has 94 valence electrons. The van der Waals surface area contributed by atoms with E-state index in [1.54, 1.807) is 37.4 Å². The molecule has 2 rings (SSSR count). The minimum absolute atomic E-state index is 0.267. The Morgan fingerprint density at radius 2 is 2.22 bits per heavy atom. The van der Waals surface area contributed by atoms with Crippen LogP contribution >= 0.6 is 0 Å². The summed E-state index contributed by atoms with van der Waals surface area (Å²) in [4.78, 5) is 15.4. The van der Waals surface area contributed by atoms with Crippen molar-refractivity contribution in [3.05, 3.63) is 35.9 Å². The van der Waals surface area contributed by atoms with Crippen molar-refractivity contribution in [1.82, 2.24) is 4.98 Å². The SMILES string of the molecule is COCCNc1ccc2c(C(=O)O)cccc2n1. The zero-order chi connectivity index (χ0) is 13.0. The van der Waals surface area contributed by atoms with E-state index in [-0.39, 0.29) is 5.56 Å². The molecular formula is C13H14N2O3. The number of fused-ring (bicyclic) bond motifs is 1. The molecule has 0 bridgehead atoms. The summed E-state index contributed by atoms with van der Waals surface area (Å²) in [5.74, 6) is -0.232. The first-order valence-electron chi connectivity index (χ1n) is 5.58. The lowest BCUT2D eigenvalue weighted by atomic mass is 10.1. The van der Waals surface area contributed by atoms with Crippen LogP contribution in [0.4, 0.5) is 5.82 Å². The van der Waals surface area contributed by atoms with Crippen LogP contribution in [0.1, 0.15) is 10.4 Å². The third-order valence-corrected chi connectivity index (χ3v) is 2.57. The highest BCUT2D eigenvalue weighted by Crippen LogP contribution is 2.19. The molecule has 2 aromatic rings. The summed E-state index contributed by atoms with van der Waals surface area (Å²) >= 11 is 0. The number of anilines is 1. The summed E-state index contributed by atoms with van der Waals surface area (Å²) in [6.45, 7) is 1.25. The van der Waals surface area contributed by atoms with Crippen LogP contribution in [0.2, 0.25) is 0 Å². The second kappa shape index (κ2) is 5.46. The summed E-state index contributed by atoms with van der Waals surface area (Å²) in [5.41, 5.74) is 0.931. The van der Waals surface area contributed by atoms with E-state index in [2.05, 4.69) is 10.3 Å². The molecule has 2 N–H and O–H groups in total. The van der Waals surface area contributed by atoms with Crippen molar-refractivity contribution in [3.8, 4) is 0 Å². The van der Waals surface area contributed by atoms with E-state index in [4.69, 9.17) is 9.84 Å². The number of carbonyl (C=O) groups is 1. The Morgan fingerprint density at radius 3 is 2.94 bits per heavy atom. The van der Waals surface area contributed by atoms with Crippen LogP contribution in [0, 0.1) is 0 Å². The fourth-order valence-corrected chi connectivity index (χ4v) is 1.72. The van der Waals surface area contributed by atoms with Crippen LogP contribution < -0.4 is 5.32 Å². The number of rotatable bonds is 5. The topological polar surface area (TPSA) is 71.5 Å². The fraction of sp³-hybridized carbons (Fsp3) is 0.231. The number of aromatic carboxylic acids is 1. The molecule has 0 aliphatic heterocycles. The quantitative estimate of drug-likeness (QED) is 0.789. The molecule has 0 saturated carbocycles. The van der Waals surface area contributed by atoms with Gasteiger partial charge in [0.15, 0.2) is 0 Å². The number of carboxylic acid groups (broad SMARTS) is 1. The van der Waals surface area contributed by atoms with Crippen LogP contribution in [-0.2, 0) is 4.74 Å². The van der Waals surface area contributed by atoms with Crippen LogP contribution in [0.3, 0.4) is 0 Å². The van der Waals surface area contributed by atoms with Gasteiger partial charge in [-0.25, -0.2) is 9.78 Å². The predicted octanol–water partition coefficient (Wildman–Crippen LogP) is 1.99. The summed E-state index contributed by atoms with van der Waals surface area (Å²) in [6, 6.07) is 8.59. The monoisotopic (exact) mass is 246 g/mol. The molecule has 0 unspecified atom stereocenters. The van der Waals surface area contributed by atoms with Gasteiger partial charge in [0, 0.05) is 19.0 Å². The van der Waals surface area contributed by atoms with Gasteiger partial charge in [0.2, 0.25) is 0 Å². The lowest BCUT2D eigenvalue weighted by Gasteiger charge is -2.07. The van der Waals surface area contributed by atoms with Crippen LogP contribution in [0.15, 0.2) is 30.3 Å². The first-order chi connectivity index (χ1) is 8.72. The van der Waals surface area contributed by atoms with Gasteiger partial charge >= 0.3 is 5.97 Å². The highest BCUT2D eigenvalue weighted by atomic mass is 16.5. The van der Waals surface area contributed by atoms with Crippen molar-refractivity contribution in [3.63, 3.8) is 0 Å². The number of hydrogen-bond acceptors (Lipinski definition) is 4. The minimum Gasteiger partial charge on any atom is -0.478 e. The molecule has 0 spiro atoms. The molecule has 0 aliphatic carbocycles. The predicted molar refractivity (Wildman–Crippen MR) is 69.1 cm³/mol. The Hall–Kier alpha value is -2.14. The minimum atomic E-state index is -0.942. The maximum absolute atomic E-state index is 11.1. The van der Waals surface area contributed by atoms with E-state index in [0.29, 0.717) is 29.9 Å². The molecule has 0 atom stereocenters. The fourth-order valence-electron chi connectivity index (χ4n) is 1.72. The van der Waals surface area contributed by atoms with Gasteiger partial charge in [0.1, 0.15) is 5.82 Å². The molecule has 0 aliphatic rings. The van der Waals surface area contributed by atoms with Crippen molar-refractivity contribution in [2.45, 2.75) is 0 Å². The number of methoxy groups -OCH3 is 1. The Kier molecular flexibility index (Phi) is 3.74. The number of aromatic nitrogens is 1. The van der Waals surface area contributed by atoms with E-state index in [9.17, 15) is 4.79 Å². The summed E-state index contributed by atoms with van der Waals surface area (Å²) < 4.78 is 4.93. The molecular weight excluding hydrogens is 232 g/mol. The highest BCUT2D eigenvalue weighted by molar-refractivity contribution is 6.02. The largest absolute Gasteiger partial charge is 0.478 e. The molecule has 0 amide bonds. The summed E-state index contributed by atoms with van der Waals surface area (Å²) in [5, 5.41) is 12.8. The van der Waals surface area contributed by atoms with E-state index in [1.165, 1.54) is 0 Å². The average molecular weight is 246 g/mol. The first-order valence-corrected chi connectivity index (χ1v) is 5.58. The molecule has 0 saturated heterocycles. The van der Waals surface area contributed by atoms with E-state index < -0.39 is 5.97 Å². The van der Waals surface area contributed by atoms with Gasteiger partial charge in [-0.1, -0.05) is 6.07 Å². The number of ether oxygens (including phenoxy) is 1. The van der Waals surface area contributed by atoms with Gasteiger partial charge in [0.05, 0.1) is 17.7 Å². The zero-order valence-corrected chi connectivity index (χ0v) is 10.0. The van der Waals surface area contributed by atoms with E-state index in [1.807, 2.05) is 0 Å². The molecule has 1 aromatic carbocycles. The smallest absolute Gasteiger partial charge is 0.336 e. The number of nitrogens with one attached hydrogen (secondary N) is 1. The number of nitrogens with zero attached hydrogens (tertiary/aromatic N) is 1. The van der Waals surface area contributed by atoms with Gasteiger partial charge < -0.3 is 15.2 Å². The number of pyridine rings is 1. The lowest BCUT2D eigenvalue weighted by Crippen LogP contribution is -2.08. The number of carboxylic acids is 1. The second-order valence-electron chi connectivity index (χ2n) is 3.79. The highest BCUT2D eigenvalue weighted by Gasteiger charge is 2.08. The Labute approximate surface area is 104 Å². The Morgan fingerprint density at radius 1 is 1.39 bits per heavy atom. The van der Waals surface area contributed by atoms with E-state index >= 15 is 0 Å². The Balaban J connectivity index is 2.32. The van der Waals surface area contributed by atoms with Crippen LogP contribution in [0.25, 0.3) is 10.9 Å². The van der Waals surface area contributed by atoms with Gasteiger partial charge in [-0.3, -0.25) is 0 Å². The maximum Gasteiger partial charge on any atom is 0.336 e. The molecule has 1 heterocycles. The first kappa shape index (κ1) is 12.3. The van der Waals surface area contributed by atoms with Crippen molar-refractivity contribution in [1.29, 1.82) is 0 Å². The molecule has 1 aromatic heterocycles. The number of benzene rings is 1. The number of hydrogen-bond donors (Lipinski definition) is 2. The third-order valence-electron chi connectivity index (χ3n) is 2.57. The van der Waals surface area contributed by atoms with Crippen molar-refractivity contribution in [2.75, 3.05) is 25.6 Å². The maximum atomic E-state index is 11.1. The molecule has 18 heavy (non-hydrogen) atoms. The molecule has 0 radical (unpaired) electrons. The van der Waals surface area contributed by atoms with Gasteiger partial charge in [0.25, 0.3) is 0 Å². The van der Waals surface area contributed by atoms with Crippen molar-refractivity contribution < 1.29 is 14.6 Å². The third kappa shape index (κ3) is 2.57. The average Bonchev–Trinajstić information content (AvgIpc) is 2.38. The summed E-state index contributed by atoms with van der Waals surface area (Å²) in [6.07, 6.45) is 0. The molecule has 5 heteroatoms. The normalized spacial score (nSPS) is 10.5. The lowest BCUT2D eigenvalue weighted by molar-refractivity contribution is 0.0699. The van der Waals surface area contributed by atoms with Gasteiger partial charge in [-0.2, -0.15) is 0 Å². The summed E-state index contributed by atoms with van der Waals surface area (Å²) in [7, 11) is 1.63. The molecule has 0 fully saturated rings. The van der Waals surface area contributed by atoms with E-state index in [0.717, 1.165) is 0 Å². The van der Waals surface area contributed by atoms with Crippen LogP contribution in [0.5, 0.6) is 0 Å². The Bertz CT molecular complexity index is 569. The second-order valence-corrected chi connectivity index (χ2v) is 3.79. The van der Waals surface area contributed by atoms with Gasteiger partial charge in [-0.15, -0.1) is 0 Å². The zero-order valence-electron chi connectivity index (χ0n) is 10.0. The van der Waals surface area contributed by atoms with Crippen molar-refractivity contribution in [2.24, 2.45) is 0 Å². The van der Waals surface area contributed by atoms with Crippen molar-refractivity contribution >= 4 is 22.7 Å². The molecule has 5 nitrogen and oxygen atoms in total.